The van der Waals surface area contributed by atoms with Gasteiger partial charge in [0.15, 0.2) is 0 Å². The molecule has 1 atom stereocenters. The zero-order valence-electron chi connectivity index (χ0n) is 12.2. The van der Waals surface area contributed by atoms with Crippen LogP contribution in [-0.4, -0.2) is 25.7 Å². The Bertz CT molecular complexity index is 584. The minimum absolute atomic E-state index is 0.0627. The molecule has 110 valence electrons. The first-order valence-electron chi connectivity index (χ1n) is 6.82. The summed E-state index contributed by atoms with van der Waals surface area (Å²) in [6.45, 7) is 2.36. The van der Waals surface area contributed by atoms with E-state index in [1.165, 1.54) is 0 Å². The van der Waals surface area contributed by atoms with E-state index < -0.39 is 0 Å². The fraction of sp³-hybridized carbons (Fsp3) is 0.235. The lowest BCUT2D eigenvalue weighted by Gasteiger charge is -2.15. The highest BCUT2D eigenvalue weighted by Crippen LogP contribution is 2.24. The van der Waals surface area contributed by atoms with Crippen LogP contribution in [0.25, 0.3) is 0 Å². The van der Waals surface area contributed by atoms with Crippen LogP contribution >= 0.6 is 0 Å². The molecule has 0 saturated heterocycles. The van der Waals surface area contributed by atoms with Crippen LogP contribution in [0.4, 0.5) is 0 Å². The van der Waals surface area contributed by atoms with Crippen LogP contribution in [-0.2, 0) is 4.74 Å². The van der Waals surface area contributed by atoms with Crippen LogP contribution in [0.5, 0.6) is 11.5 Å². The zero-order valence-corrected chi connectivity index (χ0v) is 12.2. The van der Waals surface area contributed by atoms with E-state index in [0.717, 1.165) is 0 Å². The van der Waals surface area contributed by atoms with Crippen LogP contribution in [0, 0.1) is 0 Å². The maximum Gasteiger partial charge on any atom is 0.255 e. The Labute approximate surface area is 124 Å². The second-order valence-corrected chi connectivity index (χ2v) is 4.74. The number of benzene rings is 2. The number of hydrogen-bond donors (Lipinski definition) is 1. The van der Waals surface area contributed by atoms with E-state index in [9.17, 15) is 4.79 Å². The van der Waals surface area contributed by atoms with Crippen molar-refractivity contribution in [1.29, 1.82) is 0 Å². The van der Waals surface area contributed by atoms with Gasteiger partial charge in [-0.3, -0.25) is 4.79 Å². The fourth-order valence-corrected chi connectivity index (χ4v) is 1.95. The summed E-state index contributed by atoms with van der Waals surface area (Å²) in [4.78, 5) is 12.3. The molecule has 0 aliphatic rings. The van der Waals surface area contributed by atoms with Crippen molar-refractivity contribution in [3.8, 4) is 11.5 Å². The summed E-state index contributed by atoms with van der Waals surface area (Å²) in [6, 6.07) is 16.5. The van der Waals surface area contributed by atoms with E-state index in [4.69, 9.17) is 9.47 Å². The van der Waals surface area contributed by atoms with Crippen LogP contribution in [0.1, 0.15) is 17.3 Å². The third kappa shape index (κ3) is 4.33. The Hall–Kier alpha value is -2.33. The first-order valence-corrected chi connectivity index (χ1v) is 6.82. The van der Waals surface area contributed by atoms with Gasteiger partial charge in [0.25, 0.3) is 5.91 Å². The molecule has 4 nitrogen and oxygen atoms in total. The predicted octanol–water partition coefficient (Wildman–Crippen LogP) is 3.24. The van der Waals surface area contributed by atoms with E-state index >= 15 is 0 Å². The number of amides is 1. The number of methoxy groups -OCH3 is 1. The van der Waals surface area contributed by atoms with Gasteiger partial charge in [-0.15, -0.1) is 0 Å². The summed E-state index contributed by atoms with van der Waals surface area (Å²) < 4.78 is 10.8. The van der Waals surface area contributed by atoms with Gasteiger partial charge in [0.05, 0.1) is 12.2 Å². The number of rotatable bonds is 6. The van der Waals surface area contributed by atoms with Crippen molar-refractivity contribution in [2.75, 3.05) is 13.7 Å². The average molecular weight is 285 g/mol. The molecule has 21 heavy (non-hydrogen) atoms. The fourth-order valence-electron chi connectivity index (χ4n) is 1.95. The van der Waals surface area contributed by atoms with Gasteiger partial charge >= 0.3 is 0 Å². The summed E-state index contributed by atoms with van der Waals surface area (Å²) in [5, 5.41) is 2.88. The van der Waals surface area contributed by atoms with E-state index in [-0.39, 0.29) is 11.9 Å². The second-order valence-electron chi connectivity index (χ2n) is 4.74. The largest absolute Gasteiger partial charge is 0.457 e. The Kier molecular flexibility index (Phi) is 5.35. The molecule has 1 N–H and O–H groups in total. The lowest BCUT2D eigenvalue weighted by molar-refractivity contribution is 0.0903. The van der Waals surface area contributed by atoms with E-state index in [1.807, 2.05) is 49.4 Å². The molecule has 4 heteroatoms. The van der Waals surface area contributed by atoms with Crippen LogP contribution in [0.15, 0.2) is 54.6 Å². The van der Waals surface area contributed by atoms with Gasteiger partial charge in [-0.2, -0.15) is 0 Å². The lowest BCUT2D eigenvalue weighted by Crippen LogP contribution is -2.35. The van der Waals surface area contributed by atoms with Gasteiger partial charge in [-0.1, -0.05) is 30.3 Å². The molecule has 1 amide bonds. The molecule has 0 heterocycles. The number of carbonyl (C=O) groups excluding carboxylic acids is 1. The highest BCUT2D eigenvalue weighted by atomic mass is 16.5. The van der Waals surface area contributed by atoms with Gasteiger partial charge in [0.1, 0.15) is 11.5 Å². The van der Waals surface area contributed by atoms with Gasteiger partial charge in [0, 0.05) is 13.2 Å². The van der Waals surface area contributed by atoms with Gasteiger partial charge in [-0.05, 0) is 31.2 Å². The monoisotopic (exact) mass is 285 g/mol. The molecular formula is C17H19NO3. The molecule has 0 bridgehead atoms. The third-order valence-electron chi connectivity index (χ3n) is 2.90. The number of nitrogens with one attached hydrogen (secondary N) is 1. The van der Waals surface area contributed by atoms with Crippen molar-refractivity contribution in [3.05, 3.63) is 60.2 Å². The zero-order chi connectivity index (χ0) is 15.1. The summed E-state index contributed by atoms with van der Waals surface area (Å²) in [7, 11) is 1.61. The standard InChI is InChI=1S/C17H19NO3/c1-13(12-20-2)18-17(19)15-10-6-7-11-16(15)21-14-8-4-3-5-9-14/h3-11,13H,12H2,1-2H3,(H,18,19)/t13-/m1/s1. The van der Waals surface area contributed by atoms with Gasteiger partial charge in [-0.25, -0.2) is 0 Å². The van der Waals surface area contributed by atoms with Gasteiger partial charge < -0.3 is 14.8 Å². The van der Waals surface area contributed by atoms with Gasteiger partial charge in [0.2, 0.25) is 0 Å². The Morgan fingerprint density at radius 2 is 1.76 bits per heavy atom. The van der Waals surface area contributed by atoms with Crippen molar-refractivity contribution in [3.63, 3.8) is 0 Å². The highest BCUT2D eigenvalue weighted by molar-refractivity contribution is 5.97. The molecule has 2 rings (SSSR count). The van der Waals surface area contributed by atoms with Crippen molar-refractivity contribution in [2.24, 2.45) is 0 Å². The molecule has 2 aromatic carbocycles. The summed E-state index contributed by atoms with van der Waals surface area (Å²) >= 11 is 0. The molecule has 0 saturated carbocycles. The van der Waals surface area contributed by atoms with Crippen LogP contribution in [0.2, 0.25) is 0 Å². The number of hydrogen-bond acceptors (Lipinski definition) is 3. The lowest BCUT2D eigenvalue weighted by atomic mass is 10.1. The van der Waals surface area contributed by atoms with Crippen molar-refractivity contribution in [1.82, 2.24) is 5.32 Å². The van der Waals surface area contributed by atoms with E-state index in [2.05, 4.69) is 5.32 Å². The Balaban J connectivity index is 2.15. The molecule has 0 aromatic heterocycles. The van der Waals surface area contributed by atoms with Crippen molar-refractivity contribution < 1.29 is 14.3 Å². The first-order chi connectivity index (χ1) is 10.2. The number of carbonyl (C=O) groups is 1. The molecule has 0 fully saturated rings. The summed E-state index contributed by atoms with van der Waals surface area (Å²) in [6.07, 6.45) is 0. The molecule has 0 unspecified atom stereocenters. The molecule has 0 aliphatic carbocycles. The summed E-state index contributed by atoms with van der Waals surface area (Å²) in [5.74, 6) is 1.06. The highest BCUT2D eigenvalue weighted by Gasteiger charge is 2.14. The predicted molar refractivity (Wildman–Crippen MR) is 81.8 cm³/mol. The SMILES string of the molecule is COC[C@@H](C)NC(=O)c1ccccc1Oc1ccccc1. The Morgan fingerprint density at radius 1 is 1.10 bits per heavy atom. The van der Waals surface area contributed by atoms with Crippen molar-refractivity contribution in [2.45, 2.75) is 13.0 Å². The third-order valence-corrected chi connectivity index (χ3v) is 2.90. The molecular weight excluding hydrogens is 266 g/mol. The molecule has 0 spiro atoms. The van der Waals surface area contributed by atoms with Crippen LogP contribution in [0.3, 0.4) is 0 Å². The number of ether oxygens (including phenoxy) is 2. The maximum atomic E-state index is 12.3. The molecule has 0 radical (unpaired) electrons. The topological polar surface area (TPSA) is 47.6 Å². The average Bonchev–Trinajstić information content (AvgIpc) is 2.49. The Morgan fingerprint density at radius 3 is 2.48 bits per heavy atom. The van der Waals surface area contributed by atoms with Crippen molar-refractivity contribution >= 4 is 5.91 Å². The smallest absolute Gasteiger partial charge is 0.255 e. The molecule has 2 aromatic rings. The minimum atomic E-state index is -0.175. The minimum Gasteiger partial charge on any atom is -0.457 e. The van der Waals surface area contributed by atoms with E-state index in [0.29, 0.717) is 23.7 Å². The number of para-hydroxylation sites is 2. The first kappa shape index (κ1) is 15.1. The van der Waals surface area contributed by atoms with Crippen LogP contribution < -0.4 is 10.1 Å². The quantitative estimate of drug-likeness (QED) is 0.886. The normalized spacial score (nSPS) is 11.7. The second kappa shape index (κ2) is 7.45. The maximum absolute atomic E-state index is 12.3. The summed E-state index contributed by atoms with van der Waals surface area (Å²) in [5.41, 5.74) is 0.504. The molecule has 0 aliphatic heterocycles. The van der Waals surface area contributed by atoms with E-state index in [1.54, 1.807) is 19.2 Å².